The summed E-state index contributed by atoms with van der Waals surface area (Å²) in [5.41, 5.74) is 7.60. The molecule has 2 aliphatic rings. The first kappa shape index (κ1) is 76.0. The van der Waals surface area contributed by atoms with Crippen LogP contribution in [0.2, 0.25) is 0 Å². The predicted octanol–water partition coefficient (Wildman–Crippen LogP) is 5.55. The van der Waals surface area contributed by atoms with Gasteiger partial charge in [-0.25, -0.2) is 5.84 Å². The van der Waals surface area contributed by atoms with E-state index in [1.54, 1.807) is 35.4 Å². The van der Waals surface area contributed by atoms with Crippen molar-refractivity contribution in [3.8, 4) is 22.8 Å². The Kier molecular flexibility index (Phi) is 36.7. The number of hydrogen-bond donors (Lipinski definition) is 6. The third-order valence-electron chi connectivity index (χ3n) is 14.5. The van der Waals surface area contributed by atoms with E-state index in [0.29, 0.717) is 167 Å². The predicted molar refractivity (Wildman–Crippen MR) is 331 cm³/mol. The number of aromatic hydroxyl groups is 2. The fourth-order valence-corrected chi connectivity index (χ4v) is 11.5. The summed E-state index contributed by atoms with van der Waals surface area (Å²) in [7, 11) is 0. The van der Waals surface area contributed by atoms with Gasteiger partial charge in [0, 0.05) is 54.1 Å². The molecule has 0 radical (unpaired) electrons. The normalized spacial score (nSPS) is 18.0. The van der Waals surface area contributed by atoms with Gasteiger partial charge in [0.05, 0.1) is 164 Å². The molecule has 2 fully saturated rings. The average molecular weight is 1360 g/mol. The molecule has 2 aliphatic carbocycles. The number of carbonyl (C=O) groups excluding carboxylic acids is 3. The standard InChI is InChI=1S/C62H97N6O18.BrH.Cu/c1-6-75-23-24-77-19-14-56(72)67(43-50(63)44-68(64)17-22-80-28-32-84-35-33-81-29-25-76-18-13-55(71)66-62(5)42-47-40-60(2,3)45-61(4,41-47)46-62)16-21-79-27-31-83-36-38-85-37-34-82-30-26-78-20-15-65-59(74)49-9-7-48(8-10-49)54-39-53(70)51-11-12-52(69)57(73)58(51)86-54;;/h7-12,39,44,47,69,73H,1,6,13-38,40-43,45-46,63-64H2,2-5H3,(H,65,74)(H,66,71);1H;/q-1;;+2/p-1/b50-44-;;. The zero-order valence-electron chi connectivity index (χ0n) is 51.9. The number of nitrogens with two attached hydrogens (primary N) is 2. The van der Waals surface area contributed by atoms with Crippen molar-refractivity contribution in [1.29, 1.82) is 0 Å². The Labute approximate surface area is 534 Å². The van der Waals surface area contributed by atoms with Crippen LogP contribution in [0.1, 0.15) is 83.0 Å². The summed E-state index contributed by atoms with van der Waals surface area (Å²) < 4.78 is 67.1. The summed E-state index contributed by atoms with van der Waals surface area (Å²) in [5, 5.41) is 27.6. The van der Waals surface area contributed by atoms with Gasteiger partial charge in [-0.05, 0) is 80.0 Å². The van der Waals surface area contributed by atoms with Gasteiger partial charge in [-0.2, -0.15) is 0 Å². The number of rotatable bonds is 46. The molecule has 3 amide bonds. The van der Waals surface area contributed by atoms with E-state index in [4.69, 9.17) is 68.1 Å². The number of nitrogens with one attached hydrogen (secondary N) is 2. The molecule has 24 nitrogen and oxygen atoms in total. The second-order valence-corrected chi connectivity index (χ2v) is 23.0. The van der Waals surface area contributed by atoms with Crippen LogP contribution >= 0.6 is 14.1 Å². The van der Waals surface area contributed by atoms with Gasteiger partial charge in [0.15, 0.2) is 16.8 Å². The van der Waals surface area contributed by atoms with Crippen LogP contribution < -0.4 is 27.6 Å². The number of hydrogen-bond acceptors (Lipinski definition) is 21. The Morgan fingerprint density at radius 3 is 1.75 bits per heavy atom. The summed E-state index contributed by atoms with van der Waals surface area (Å²) in [6.45, 7) is 21.7. The molecule has 8 N–H and O–H groups in total. The Bertz CT molecular complexity index is 2570. The van der Waals surface area contributed by atoms with Crippen LogP contribution in [0.4, 0.5) is 0 Å². The molecule has 26 heteroatoms. The molecule has 5 rings (SSSR count). The van der Waals surface area contributed by atoms with Crippen molar-refractivity contribution in [2.75, 3.05) is 172 Å². The van der Waals surface area contributed by atoms with Gasteiger partial charge in [-0.15, -0.1) is 0 Å². The third kappa shape index (κ3) is 30.1. The number of hydrazine groups is 1. The first-order valence-electron chi connectivity index (χ1n) is 30.1. The van der Waals surface area contributed by atoms with Gasteiger partial charge in [0.2, 0.25) is 17.6 Å². The number of ether oxygens (including phenoxy) is 11. The van der Waals surface area contributed by atoms with E-state index in [0.717, 1.165) is 12.8 Å². The van der Waals surface area contributed by atoms with E-state index in [-0.39, 0.29) is 96.7 Å². The van der Waals surface area contributed by atoms with Crippen LogP contribution in [0.15, 0.2) is 63.6 Å². The molecule has 0 saturated heterocycles. The molecular formula is C62H97BrCuN6O18. The Morgan fingerprint density at radius 2 is 1.19 bits per heavy atom. The molecule has 3 atom stereocenters. The molecule has 2 saturated carbocycles. The van der Waals surface area contributed by atoms with Crippen LogP contribution in [0, 0.1) is 23.7 Å². The molecule has 3 aromatic rings. The van der Waals surface area contributed by atoms with Crippen LogP contribution in [0.3, 0.4) is 0 Å². The van der Waals surface area contributed by atoms with E-state index >= 15 is 0 Å². The summed E-state index contributed by atoms with van der Waals surface area (Å²) >= 11 is 6.50. The molecule has 1 aromatic heterocycles. The van der Waals surface area contributed by atoms with Crippen molar-refractivity contribution in [1.82, 2.24) is 20.5 Å². The second-order valence-electron chi connectivity index (χ2n) is 23.0. The van der Waals surface area contributed by atoms with Crippen LogP contribution in [0.25, 0.3) is 22.3 Å². The van der Waals surface area contributed by atoms with Crippen molar-refractivity contribution in [2.45, 2.75) is 78.2 Å². The number of benzene rings is 2. The van der Waals surface area contributed by atoms with E-state index in [9.17, 15) is 29.4 Å². The van der Waals surface area contributed by atoms with E-state index in [1.165, 1.54) is 42.5 Å². The monoisotopic (exact) mass is 1360 g/mol. The number of phenols is 2. The number of halogens is 1. The van der Waals surface area contributed by atoms with Gasteiger partial charge < -0.3 is 99.9 Å². The minimum atomic E-state index is -0.524. The maximum atomic E-state index is 13.2. The van der Waals surface area contributed by atoms with E-state index < -0.39 is 11.5 Å². The van der Waals surface area contributed by atoms with Gasteiger partial charge in [0.1, 0.15) is 5.76 Å². The fourth-order valence-electron chi connectivity index (χ4n) is 11.5. The molecule has 2 aromatic carbocycles. The Balaban J connectivity index is 0.00000819. The molecule has 0 aliphatic heterocycles. The van der Waals surface area contributed by atoms with E-state index in [1.807, 2.05) is 0 Å². The van der Waals surface area contributed by atoms with Crippen LogP contribution in [-0.4, -0.2) is 215 Å². The van der Waals surface area contributed by atoms with Gasteiger partial charge in [-0.1, -0.05) is 39.5 Å². The molecule has 1 heterocycles. The number of nitrogens with zero attached hydrogens (tertiary/aromatic N) is 2. The third-order valence-corrected chi connectivity index (χ3v) is 14.5. The van der Waals surface area contributed by atoms with Crippen LogP contribution in [-0.2, 0) is 75.9 Å². The number of amides is 3. The fraction of sp³-hybridized carbons (Fsp3) is 0.661. The van der Waals surface area contributed by atoms with Gasteiger partial charge >= 0.3 is 28.3 Å². The maximum absolute atomic E-state index is 13.2. The Hall–Kier alpha value is -4.48. The Morgan fingerprint density at radius 1 is 0.682 bits per heavy atom. The average Bonchev–Trinajstić information content (AvgIpc) is 1.07. The van der Waals surface area contributed by atoms with Crippen LogP contribution in [0.5, 0.6) is 11.5 Å². The number of fused-ring (bicyclic) bond motifs is 3. The van der Waals surface area contributed by atoms with Crippen molar-refractivity contribution < 1.29 is 95.3 Å². The molecule has 3 unspecified atom stereocenters. The van der Waals surface area contributed by atoms with Crippen molar-refractivity contribution in [3.05, 3.63) is 77.1 Å². The first-order chi connectivity index (χ1) is 42.4. The molecule has 501 valence electrons. The van der Waals surface area contributed by atoms with Crippen molar-refractivity contribution >= 4 is 42.8 Å². The summed E-state index contributed by atoms with van der Waals surface area (Å²) in [4.78, 5) is 52.8. The molecule has 0 spiro atoms. The van der Waals surface area contributed by atoms with E-state index in [2.05, 4.69) is 73.6 Å². The zero-order valence-corrected chi connectivity index (χ0v) is 54.4. The minimum absolute atomic E-state index is 0.0477. The summed E-state index contributed by atoms with van der Waals surface area (Å²) in [6, 6.07) is 10.3. The number of phenolic OH excluding ortho intramolecular Hbond substituents is 2. The molecular weight excluding hydrogens is 1260 g/mol. The molecule has 2 bridgehead atoms. The van der Waals surface area contributed by atoms with Gasteiger partial charge in [-0.3, -0.25) is 19.2 Å². The SMILES string of the molecule is [CH2-]COCCOCCC(=O)N(CCOCCOCCOCCOCCOCCNC(=O)c1ccc(-c2cc(=O)c3ccc(O)c(O)c3o2)cc1)C/C(N)=C/N(N)CCOCCOCCOCCOCCC(=O)NC1(C)CC2CC(C)(C)CC(C)(C2)C1.[Cu+][Br]. The topological polar surface area (TPSA) is 306 Å². The summed E-state index contributed by atoms with van der Waals surface area (Å²) in [5.74, 6) is 5.66. The number of carbonyl (C=O) groups is 3. The summed E-state index contributed by atoms with van der Waals surface area (Å²) in [6.07, 6.45) is 7.82. The molecule has 88 heavy (non-hydrogen) atoms. The van der Waals surface area contributed by atoms with Gasteiger partial charge in [0.25, 0.3) is 5.91 Å². The second kappa shape index (κ2) is 42.6. The van der Waals surface area contributed by atoms with Crippen molar-refractivity contribution in [3.63, 3.8) is 0 Å². The zero-order chi connectivity index (χ0) is 64.1. The quantitative estimate of drug-likeness (QED) is 0.0101. The van der Waals surface area contributed by atoms with Crippen molar-refractivity contribution in [2.24, 2.45) is 28.3 Å². The first-order valence-corrected chi connectivity index (χ1v) is 32.4.